The van der Waals surface area contributed by atoms with Gasteiger partial charge < -0.3 is 10.1 Å². The number of esters is 1. The Morgan fingerprint density at radius 1 is 1.33 bits per heavy atom. The van der Waals surface area contributed by atoms with Crippen molar-refractivity contribution < 1.29 is 9.53 Å². The van der Waals surface area contributed by atoms with Gasteiger partial charge in [-0.1, -0.05) is 38.3 Å². The van der Waals surface area contributed by atoms with Crippen molar-refractivity contribution in [3.8, 4) is 5.75 Å². The molecule has 0 saturated heterocycles. The van der Waals surface area contributed by atoms with E-state index in [1.807, 2.05) is 6.92 Å². The van der Waals surface area contributed by atoms with E-state index in [-0.39, 0.29) is 11.9 Å². The van der Waals surface area contributed by atoms with E-state index in [1.54, 1.807) is 19.2 Å². The van der Waals surface area contributed by atoms with Gasteiger partial charge in [-0.15, -0.1) is 0 Å². The van der Waals surface area contributed by atoms with Gasteiger partial charge in [-0.3, -0.25) is 4.79 Å². The van der Waals surface area contributed by atoms with Crippen molar-refractivity contribution in [2.24, 2.45) is 0 Å². The number of fused-ring (bicyclic) bond motifs is 1. The number of halogens is 1. The zero-order valence-electron chi connectivity index (χ0n) is 11.3. The van der Waals surface area contributed by atoms with E-state index in [0.717, 1.165) is 11.3 Å². The predicted molar refractivity (Wildman–Crippen MR) is 75.6 cm³/mol. The van der Waals surface area contributed by atoms with Crippen molar-refractivity contribution in [1.82, 2.24) is 0 Å². The Kier molecular flexibility index (Phi) is 5.48. The Hall–Kier alpha value is -1.22. The lowest BCUT2D eigenvalue weighted by Gasteiger charge is -2.06. The second kappa shape index (κ2) is 6.64. The van der Waals surface area contributed by atoms with Crippen LogP contribution in [0.3, 0.4) is 0 Å². The third-order valence-electron chi connectivity index (χ3n) is 2.90. The molecule has 1 aliphatic heterocycles. The van der Waals surface area contributed by atoms with Crippen LogP contribution in [0, 0.1) is 0 Å². The van der Waals surface area contributed by atoms with Crippen molar-refractivity contribution in [1.29, 1.82) is 0 Å². The van der Waals surface area contributed by atoms with E-state index >= 15 is 0 Å². The molecule has 0 saturated carbocycles. The maximum atomic E-state index is 11.3. The second-order valence-corrected chi connectivity index (χ2v) is 4.67. The Bertz CT molecular complexity index is 430. The van der Waals surface area contributed by atoms with Gasteiger partial charge in [0.2, 0.25) is 0 Å². The first-order valence-electron chi connectivity index (χ1n) is 6.27. The number of benzene rings is 1. The molecular weight excluding hydrogens is 250 g/mol. The molecule has 1 heterocycles. The third kappa shape index (κ3) is 3.16. The van der Waals surface area contributed by atoms with Gasteiger partial charge in [0, 0.05) is 18.7 Å². The average molecular weight is 270 g/mol. The Balaban J connectivity index is 0.000000357. The molecule has 2 rings (SSSR count). The number of carbonyl (C=O) groups excluding carboxylic acids is 1. The number of nitrogens with one attached hydrogen (secondary N) is 1. The van der Waals surface area contributed by atoms with Gasteiger partial charge in [0.05, 0.1) is 16.6 Å². The summed E-state index contributed by atoms with van der Waals surface area (Å²) in [6, 6.07) is 3.53. The van der Waals surface area contributed by atoms with Gasteiger partial charge in [0.25, 0.3) is 0 Å². The molecule has 1 aromatic rings. The predicted octanol–water partition coefficient (Wildman–Crippen LogP) is 4.21. The van der Waals surface area contributed by atoms with Gasteiger partial charge >= 0.3 is 5.97 Å². The van der Waals surface area contributed by atoms with Crippen LogP contribution >= 0.6 is 11.6 Å². The van der Waals surface area contributed by atoms with Crippen molar-refractivity contribution in [3.63, 3.8) is 0 Å². The van der Waals surface area contributed by atoms with Crippen molar-refractivity contribution in [2.75, 3.05) is 12.4 Å². The van der Waals surface area contributed by atoms with Crippen LogP contribution in [-0.2, 0) is 4.79 Å². The van der Waals surface area contributed by atoms with Crippen LogP contribution in [0.2, 0.25) is 5.02 Å². The normalized spacial score (nSPS) is 16.5. The highest BCUT2D eigenvalue weighted by atomic mass is 35.5. The smallest absolute Gasteiger partial charge is 0.318 e. The van der Waals surface area contributed by atoms with E-state index in [1.165, 1.54) is 12.8 Å². The maximum Gasteiger partial charge on any atom is 0.318 e. The molecular formula is C14H20ClNO2. The van der Waals surface area contributed by atoms with Gasteiger partial charge in [-0.2, -0.15) is 0 Å². The van der Waals surface area contributed by atoms with Crippen LogP contribution in [0.5, 0.6) is 5.75 Å². The molecule has 4 heteroatoms. The van der Waals surface area contributed by atoms with Crippen molar-refractivity contribution >= 4 is 23.3 Å². The van der Waals surface area contributed by atoms with Crippen LogP contribution in [0.15, 0.2) is 12.1 Å². The standard InChI is InChI=1S/C10H10ClNO2.C4H10/c1-5-6-3-7(11)8(12-2)4-9(6)14-10(5)13;1-3-4-2/h3-5,12H,1-2H3;3-4H2,1-2H3. The molecule has 0 amide bonds. The molecule has 0 aromatic heterocycles. The fourth-order valence-electron chi connectivity index (χ4n) is 1.51. The summed E-state index contributed by atoms with van der Waals surface area (Å²) in [5, 5.41) is 3.54. The van der Waals surface area contributed by atoms with Gasteiger partial charge in [-0.25, -0.2) is 0 Å². The maximum absolute atomic E-state index is 11.3. The topological polar surface area (TPSA) is 38.3 Å². The number of hydrogen-bond acceptors (Lipinski definition) is 3. The molecule has 1 unspecified atom stereocenters. The summed E-state index contributed by atoms with van der Waals surface area (Å²) in [5.74, 6) is 0.175. The molecule has 0 radical (unpaired) electrons. The number of anilines is 1. The highest BCUT2D eigenvalue weighted by molar-refractivity contribution is 6.33. The molecule has 100 valence electrons. The molecule has 0 aliphatic carbocycles. The van der Waals surface area contributed by atoms with E-state index in [9.17, 15) is 4.79 Å². The summed E-state index contributed by atoms with van der Waals surface area (Å²) in [4.78, 5) is 11.3. The summed E-state index contributed by atoms with van der Waals surface area (Å²) in [7, 11) is 1.77. The fraction of sp³-hybridized carbons (Fsp3) is 0.500. The Morgan fingerprint density at radius 2 is 1.94 bits per heavy atom. The number of carbonyl (C=O) groups is 1. The average Bonchev–Trinajstić information content (AvgIpc) is 2.65. The lowest BCUT2D eigenvalue weighted by atomic mass is 10.0. The monoisotopic (exact) mass is 269 g/mol. The number of unbranched alkanes of at least 4 members (excludes halogenated alkanes) is 1. The first kappa shape index (κ1) is 14.8. The minimum atomic E-state index is -0.218. The van der Waals surface area contributed by atoms with E-state index in [2.05, 4.69) is 19.2 Å². The highest BCUT2D eigenvalue weighted by Gasteiger charge is 2.30. The first-order chi connectivity index (χ1) is 8.54. The van der Waals surface area contributed by atoms with Crippen LogP contribution in [0.1, 0.15) is 45.1 Å². The Morgan fingerprint density at radius 3 is 2.44 bits per heavy atom. The third-order valence-corrected chi connectivity index (χ3v) is 3.21. The van der Waals surface area contributed by atoms with Crippen molar-refractivity contribution in [3.05, 3.63) is 22.7 Å². The van der Waals surface area contributed by atoms with E-state index in [4.69, 9.17) is 16.3 Å². The minimum absolute atomic E-state index is 0.214. The molecule has 1 aliphatic rings. The molecule has 0 spiro atoms. The van der Waals surface area contributed by atoms with Gasteiger partial charge in [0.15, 0.2) is 0 Å². The molecule has 3 nitrogen and oxygen atoms in total. The van der Waals surface area contributed by atoms with E-state index in [0.29, 0.717) is 10.8 Å². The Labute approximate surface area is 113 Å². The molecule has 1 N–H and O–H groups in total. The zero-order valence-corrected chi connectivity index (χ0v) is 12.1. The fourth-order valence-corrected chi connectivity index (χ4v) is 1.78. The molecule has 0 bridgehead atoms. The largest absolute Gasteiger partial charge is 0.426 e. The SMILES string of the molecule is CCCC.CNc1cc2c(cc1Cl)C(C)C(=O)O2. The van der Waals surface area contributed by atoms with Crippen LogP contribution in [0.25, 0.3) is 0 Å². The second-order valence-electron chi connectivity index (χ2n) is 4.26. The number of rotatable bonds is 2. The zero-order chi connectivity index (χ0) is 13.7. The van der Waals surface area contributed by atoms with Gasteiger partial charge in [-0.05, 0) is 13.0 Å². The first-order valence-corrected chi connectivity index (χ1v) is 6.65. The summed E-state index contributed by atoms with van der Waals surface area (Å²) in [6.45, 7) is 6.17. The lowest BCUT2D eigenvalue weighted by molar-refractivity contribution is -0.133. The minimum Gasteiger partial charge on any atom is -0.426 e. The van der Waals surface area contributed by atoms with Gasteiger partial charge in [0.1, 0.15) is 5.75 Å². The van der Waals surface area contributed by atoms with E-state index < -0.39 is 0 Å². The van der Waals surface area contributed by atoms with Crippen LogP contribution in [-0.4, -0.2) is 13.0 Å². The molecule has 1 atom stereocenters. The number of hydrogen-bond donors (Lipinski definition) is 1. The molecule has 0 fully saturated rings. The lowest BCUT2D eigenvalue weighted by Crippen LogP contribution is -2.05. The highest BCUT2D eigenvalue weighted by Crippen LogP contribution is 2.39. The summed E-state index contributed by atoms with van der Waals surface area (Å²) in [5.41, 5.74) is 1.63. The van der Waals surface area contributed by atoms with Crippen molar-refractivity contribution in [2.45, 2.75) is 39.5 Å². The van der Waals surface area contributed by atoms with Crippen LogP contribution in [0.4, 0.5) is 5.69 Å². The number of ether oxygens (including phenoxy) is 1. The molecule has 18 heavy (non-hydrogen) atoms. The van der Waals surface area contributed by atoms with Crippen LogP contribution < -0.4 is 10.1 Å². The summed E-state index contributed by atoms with van der Waals surface area (Å²) in [6.07, 6.45) is 2.64. The molecule has 1 aromatic carbocycles. The summed E-state index contributed by atoms with van der Waals surface area (Å²) >= 11 is 5.99. The quantitative estimate of drug-likeness (QED) is 0.646. The summed E-state index contributed by atoms with van der Waals surface area (Å²) < 4.78 is 5.08.